The van der Waals surface area contributed by atoms with Crippen LogP contribution in [-0.4, -0.2) is 34.7 Å². The first kappa shape index (κ1) is 50.0. The third-order valence-corrected chi connectivity index (χ3v) is 16.7. The van der Waals surface area contributed by atoms with Crippen LogP contribution in [0.3, 0.4) is 0 Å². The van der Waals surface area contributed by atoms with Gasteiger partial charge in [-0.05, 0) is 98.5 Å². The first-order valence-electron chi connectivity index (χ1n) is 26.5. The van der Waals surface area contributed by atoms with Gasteiger partial charge < -0.3 is 18.6 Å². The van der Waals surface area contributed by atoms with Crippen molar-refractivity contribution < 1.29 is 18.4 Å². The smallest absolute Gasteiger partial charge is 0.261 e. The van der Waals surface area contributed by atoms with Gasteiger partial charge in [0, 0.05) is 18.0 Å². The van der Waals surface area contributed by atoms with Gasteiger partial charge in [-0.3, -0.25) is 9.59 Å². The largest absolute Gasteiger partial charge is 0.460 e. The molecular formula is C58H80N2O4S2. The van der Waals surface area contributed by atoms with Crippen molar-refractivity contribution in [2.45, 2.75) is 196 Å². The number of hydrogen-bond donors (Lipinski definition) is 0. The number of fused-ring (bicyclic) bond motifs is 4. The van der Waals surface area contributed by atoms with Gasteiger partial charge >= 0.3 is 0 Å². The van der Waals surface area contributed by atoms with Crippen molar-refractivity contribution in [1.29, 1.82) is 0 Å². The molecule has 358 valence electrons. The fraction of sp³-hybridized carbons (Fsp3) is 0.586. The van der Waals surface area contributed by atoms with Crippen molar-refractivity contribution in [3.8, 4) is 10.6 Å². The van der Waals surface area contributed by atoms with Gasteiger partial charge in [-0.25, -0.2) is 0 Å². The van der Waals surface area contributed by atoms with E-state index in [0.717, 1.165) is 61.3 Å². The summed E-state index contributed by atoms with van der Waals surface area (Å²) in [6.45, 7) is 14.4. The van der Waals surface area contributed by atoms with Gasteiger partial charge in [-0.15, -0.1) is 22.7 Å². The molecule has 0 bridgehead atoms. The van der Waals surface area contributed by atoms with Crippen LogP contribution in [0.5, 0.6) is 0 Å². The van der Waals surface area contributed by atoms with E-state index in [1.165, 1.54) is 134 Å². The Labute approximate surface area is 405 Å². The predicted molar refractivity (Wildman–Crippen MR) is 281 cm³/mol. The summed E-state index contributed by atoms with van der Waals surface area (Å²) in [5, 5.41) is 2.48. The molecule has 5 aromatic rings. The summed E-state index contributed by atoms with van der Waals surface area (Å²) in [6, 6.07) is 16.9. The normalized spacial score (nSPS) is 15.2. The second-order valence-electron chi connectivity index (χ2n) is 19.8. The third kappa shape index (κ3) is 12.2. The van der Waals surface area contributed by atoms with E-state index in [4.69, 9.17) is 8.83 Å². The molecular weight excluding hydrogens is 853 g/mol. The van der Waals surface area contributed by atoms with Crippen LogP contribution in [0.4, 0.5) is 0 Å². The third-order valence-electron chi connectivity index (χ3n) is 14.3. The molecule has 8 heteroatoms. The lowest BCUT2D eigenvalue weighted by atomic mass is 9.93. The van der Waals surface area contributed by atoms with Crippen LogP contribution in [0.2, 0.25) is 0 Å². The standard InChI is InChI=1S/C58H80N2O4S2/c1-7-11-15-19-21-25-29-43(27-23-17-13-9-3)39-59-53(48-34-31-41(5)63-48)51-52(58(59)62)54(60(57(51)61)40-44(28-24-18-14-10-4)30-26-22-20-16-12-8-2)49-36-35-47(64-49)50-38-46-33-32-45-37-42(6)65-55(45)56(46)66-50/h31-38,43-44H,7-30,39-40H2,1-6H3. The van der Waals surface area contributed by atoms with Crippen LogP contribution in [0, 0.1) is 25.7 Å². The molecule has 0 saturated heterocycles. The van der Waals surface area contributed by atoms with E-state index in [1.807, 2.05) is 52.3 Å². The summed E-state index contributed by atoms with van der Waals surface area (Å²) in [7, 11) is 0. The van der Waals surface area contributed by atoms with Crippen LogP contribution in [-0.2, 0) is 9.59 Å². The van der Waals surface area contributed by atoms with E-state index in [-0.39, 0.29) is 11.8 Å². The maximum absolute atomic E-state index is 15.5. The summed E-state index contributed by atoms with van der Waals surface area (Å²) >= 11 is 3.60. The van der Waals surface area contributed by atoms with E-state index in [2.05, 4.69) is 58.9 Å². The zero-order valence-electron chi connectivity index (χ0n) is 41.5. The van der Waals surface area contributed by atoms with Crippen molar-refractivity contribution in [3.63, 3.8) is 0 Å². The molecule has 0 saturated carbocycles. The number of rotatable bonds is 31. The van der Waals surface area contributed by atoms with E-state index < -0.39 is 0 Å². The lowest BCUT2D eigenvalue weighted by Crippen LogP contribution is -2.34. The highest BCUT2D eigenvalue weighted by atomic mass is 32.1. The number of unbranched alkanes of at least 4 members (excludes halogenated alkanes) is 16. The SMILES string of the molecule is CCCCCCCCC(CCCCCC)CN1C(=O)C2=C(c3ccc(-c4cc5ccc6cc(C)sc6c5s4)o3)N(CC(CCCCCC)CCCCCCCC)C(=O)C2=C1c1ccc(C)o1. The number of aryl methyl sites for hydroxylation is 2. The van der Waals surface area contributed by atoms with Crippen molar-refractivity contribution in [2.75, 3.05) is 13.1 Å². The molecule has 6 heterocycles. The fourth-order valence-electron chi connectivity index (χ4n) is 10.6. The Morgan fingerprint density at radius 1 is 0.470 bits per heavy atom. The van der Waals surface area contributed by atoms with Gasteiger partial charge in [0.05, 0.1) is 25.4 Å². The van der Waals surface area contributed by atoms with Crippen molar-refractivity contribution in [2.24, 2.45) is 11.8 Å². The van der Waals surface area contributed by atoms with Crippen LogP contribution in [0.1, 0.15) is 204 Å². The average molecular weight is 933 g/mol. The Balaban J connectivity index is 1.28. The highest BCUT2D eigenvalue weighted by molar-refractivity contribution is 7.28. The minimum absolute atomic E-state index is 0.0907. The quantitative estimate of drug-likeness (QED) is 0.0415. The van der Waals surface area contributed by atoms with Gasteiger partial charge in [-0.2, -0.15) is 0 Å². The maximum atomic E-state index is 15.5. The number of furan rings is 2. The van der Waals surface area contributed by atoms with Gasteiger partial charge in [0.1, 0.15) is 22.9 Å². The van der Waals surface area contributed by atoms with Crippen LogP contribution < -0.4 is 0 Å². The number of benzene rings is 1. The lowest BCUT2D eigenvalue weighted by molar-refractivity contribution is -0.124. The zero-order valence-corrected chi connectivity index (χ0v) is 43.1. The highest BCUT2D eigenvalue weighted by Crippen LogP contribution is 2.49. The molecule has 1 aromatic carbocycles. The molecule has 2 aliphatic rings. The first-order chi connectivity index (χ1) is 32.3. The lowest BCUT2D eigenvalue weighted by Gasteiger charge is -2.29. The Hall–Kier alpha value is -3.88. The topological polar surface area (TPSA) is 66.9 Å². The minimum Gasteiger partial charge on any atom is -0.460 e. The molecule has 4 aromatic heterocycles. The zero-order chi connectivity index (χ0) is 46.4. The number of nitrogens with zero attached hydrogens (tertiary/aromatic N) is 2. The molecule has 7 rings (SSSR count). The highest BCUT2D eigenvalue weighted by Gasteiger charge is 2.51. The number of carbonyl (C=O) groups is 2. The molecule has 2 amide bonds. The Bertz CT molecular complexity index is 2400. The van der Waals surface area contributed by atoms with Gasteiger partial charge in [0.15, 0.2) is 11.5 Å². The molecule has 0 radical (unpaired) electrons. The van der Waals surface area contributed by atoms with Crippen molar-refractivity contribution in [1.82, 2.24) is 9.80 Å². The van der Waals surface area contributed by atoms with E-state index in [1.54, 1.807) is 11.3 Å². The monoisotopic (exact) mass is 933 g/mol. The molecule has 2 unspecified atom stereocenters. The molecule has 2 aliphatic heterocycles. The molecule has 66 heavy (non-hydrogen) atoms. The summed E-state index contributed by atoms with van der Waals surface area (Å²) in [6.07, 6.45) is 28.9. The van der Waals surface area contributed by atoms with Crippen LogP contribution >= 0.6 is 22.7 Å². The molecule has 0 N–H and O–H groups in total. The van der Waals surface area contributed by atoms with E-state index in [0.29, 0.717) is 59.0 Å². The molecule has 0 fully saturated rings. The van der Waals surface area contributed by atoms with E-state index in [9.17, 15) is 0 Å². The number of hydrogen-bond acceptors (Lipinski definition) is 6. The Morgan fingerprint density at radius 3 is 1.36 bits per heavy atom. The first-order valence-corrected chi connectivity index (χ1v) is 28.1. The predicted octanol–water partition coefficient (Wildman–Crippen LogP) is 18.1. The number of amides is 2. The Kier molecular flexibility index (Phi) is 18.9. The summed E-state index contributed by atoms with van der Waals surface area (Å²) in [5.74, 6) is 3.22. The number of carbonyl (C=O) groups excluding carboxylic acids is 2. The maximum Gasteiger partial charge on any atom is 0.261 e. The van der Waals surface area contributed by atoms with Gasteiger partial charge in [-0.1, -0.05) is 168 Å². The average Bonchev–Trinajstić information content (AvgIpc) is 4.18. The van der Waals surface area contributed by atoms with E-state index >= 15 is 9.59 Å². The second kappa shape index (κ2) is 24.9. The summed E-state index contributed by atoms with van der Waals surface area (Å²) in [4.78, 5) is 37.3. The van der Waals surface area contributed by atoms with Crippen LogP contribution in [0.15, 0.2) is 68.5 Å². The Morgan fingerprint density at radius 2 is 0.879 bits per heavy atom. The molecule has 2 atom stereocenters. The fourth-order valence-corrected chi connectivity index (χ4v) is 12.9. The molecule has 0 aliphatic carbocycles. The van der Waals surface area contributed by atoms with Gasteiger partial charge in [0.2, 0.25) is 0 Å². The second-order valence-corrected chi connectivity index (χ2v) is 22.1. The van der Waals surface area contributed by atoms with Crippen molar-refractivity contribution >= 4 is 66.1 Å². The molecule has 6 nitrogen and oxygen atoms in total. The number of thiophene rings is 2. The van der Waals surface area contributed by atoms with Crippen LogP contribution in [0.25, 0.3) is 42.2 Å². The molecule has 0 spiro atoms. The van der Waals surface area contributed by atoms with Crippen molar-refractivity contribution in [3.05, 3.63) is 81.8 Å². The minimum atomic E-state index is -0.0907. The summed E-state index contributed by atoms with van der Waals surface area (Å²) < 4.78 is 15.9. The van der Waals surface area contributed by atoms with Gasteiger partial charge in [0.25, 0.3) is 11.8 Å². The summed E-state index contributed by atoms with van der Waals surface area (Å²) in [5.41, 5.74) is 2.28.